The van der Waals surface area contributed by atoms with Crippen LogP contribution in [0.5, 0.6) is 5.75 Å². The van der Waals surface area contributed by atoms with E-state index in [1.807, 2.05) is 24.3 Å². The van der Waals surface area contributed by atoms with Gasteiger partial charge in [0.1, 0.15) is 11.6 Å². The van der Waals surface area contributed by atoms with Gasteiger partial charge in [-0.3, -0.25) is 9.59 Å². The molecule has 154 valence electrons. The van der Waals surface area contributed by atoms with Gasteiger partial charge in [-0.05, 0) is 47.9 Å². The first-order chi connectivity index (χ1) is 14.5. The number of ketones is 1. The van der Waals surface area contributed by atoms with Gasteiger partial charge in [-0.1, -0.05) is 24.3 Å². The van der Waals surface area contributed by atoms with E-state index in [2.05, 4.69) is 10.3 Å². The van der Waals surface area contributed by atoms with E-state index < -0.39 is 6.04 Å². The van der Waals surface area contributed by atoms with Gasteiger partial charge in [-0.25, -0.2) is 4.98 Å². The topological polar surface area (TPSA) is 120 Å². The Morgan fingerprint density at radius 3 is 2.40 bits per heavy atom. The van der Waals surface area contributed by atoms with Gasteiger partial charge in [0.25, 0.3) is 5.91 Å². The van der Waals surface area contributed by atoms with Crippen molar-refractivity contribution in [1.82, 2.24) is 4.98 Å². The normalized spacial score (nSPS) is 11.5. The molecule has 0 saturated heterocycles. The van der Waals surface area contributed by atoms with Crippen molar-refractivity contribution >= 4 is 23.2 Å². The van der Waals surface area contributed by atoms with Crippen LogP contribution in [0.2, 0.25) is 0 Å². The Balaban J connectivity index is 1.57. The summed E-state index contributed by atoms with van der Waals surface area (Å²) in [6, 6.07) is 16.8. The minimum Gasteiger partial charge on any atom is -0.497 e. The highest BCUT2D eigenvalue weighted by atomic mass is 16.5. The number of nitrogen functional groups attached to an aromatic ring is 1. The number of Topliss-reactive ketones (excluding diaryl/α,β-unsaturated/α-hetero) is 1. The van der Waals surface area contributed by atoms with Gasteiger partial charge in [-0.2, -0.15) is 0 Å². The first-order valence-corrected chi connectivity index (χ1v) is 9.50. The van der Waals surface area contributed by atoms with Crippen molar-refractivity contribution in [2.45, 2.75) is 18.9 Å². The standard InChI is InChI=1S/C23H24N4O3/c1-30-19-9-2-15(3-10-19)4-11-20(28)22(25)16-5-7-17(8-6-16)23(29)27-18-12-13-26-21(24)14-18/h2-3,5-10,12-14,22H,4,11,25H2,1H3,(H3,24,26,27,29). The second-order valence-corrected chi connectivity index (χ2v) is 6.84. The van der Waals surface area contributed by atoms with E-state index in [1.54, 1.807) is 43.5 Å². The Labute approximate surface area is 175 Å². The second kappa shape index (κ2) is 9.67. The molecule has 3 aromatic rings. The highest BCUT2D eigenvalue weighted by Crippen LogP contribution is 2.18. The number of benzene rings is 2. The summed E-state index contributed by atoms with van der Waals surface area (Å²) in [6.07, 6.45) is 2.45. The minimum atomic E-state index is -0.736. The molecule has 0 fully saturated rings. The van der Waals surface area contributed by atoms with Crippen molar-refractivity contribution < 1.29 is 14.3 Å². The van der Waals surface area contributed by atoms with Crippen LogP contribution in [-0.4, -0.2) is 23.8 Å². The van der Waals surface area contributed by atoms with Crippen molar-refractivity contribution in [3.8, 4) is 5.75 Å². The van der Waals surface area contributed by atoms with E-state index in [0.29, 0.717) is 35.5 Å². The number of nitrogens with two attached hydrogens (primary N) is 2. The van der Waals surface area contributed by atoms with Gasteiger partial charge >= 0.3 is 0 Å². The quantitative estimate of drug-likeness (QED) is 0.530. The number of carbonyl (C=O) groups is 2. The number of hydrogen-bond donors (Lipinski definition) is 3. The molecular weight excluding hydrogens is 380 g/mol. The zero-order valence-corrected chi connectivity index (χ0v) is 16.7. The number of carbonyl (C=O) groups excluding carboxylic acids is 2. The maximum absolute atomic E-state index is 12.5. The summed E-state index contributed by atoms with van der Waals surface area (Å²) >= 11 is 0. The van der Waals surface area contributed by atoms with Gasteiger partial charge in [-0.15, -0.1) is 0 Å². The zero-order chi connectivity index (χ0) is 21.5. The molecule has 3 rings (SSSR count). The molecule has 0 aliphatic heterocycles. The van der Waals surface area contributed by atoms with Crippen molar-refractivity contribution in [3.05, 3.63) is 83.6 Å². The van der Waals surface area contributed by atoms with Gasteiger partial charge in [0, 0.05) is 29.9 Å². The van der Waals surface area contributed by atoms with Gasteiger partial charge in [0.05, 0.1) is 13.2 Å². The molecule has 1 amide bonds. The fraction of sp³-hybridized carbons (Fsp3) is 0.174. The van der Waals surface area contributed by atoms with Crippen LogP contribution < -0.4 is 21.5 Å². The molecule has 30 heavy (non-hydrogen) atoms. The molecule has 5 N–H and O–H groups in total. The van der Waals surface area contributed by atoms with Crippen LogP contribution >= 0.6 is 0 Å². The number of rotatable bonds is 8. The lowest BCUT2D eigenvalue weighted by atomic mass is 9.97. The smallest absolute Gasteiger partial charge is 0.255 e. The highest BCUT2D eigenvalue weighted by molar-refractivity contribution is 6.04. The summed E-state index contributed by atoms with van der Waals surface area (Å²) < 4.78 is 5.13. The maximum Gasteiger partial charge on any atom is 0.255 e. The third-order valence-electron chi connectivity index (χ3n) is 4.74. The van der Waals surface area contributed by atoms with Crippen molar-refractivity contribution in [2.24, 2.45) is 5.73 Å². The van der Waals surface area contributed by atoms with Crippen molar-refractivity contribution in [3.63, 3.8) is 0 Å². The molecule has 0 spiro atoms. The van der Waals surface area contributed by atoms with E-state index in [-0.39, 0.29) is 11.7 Å². The van der Waals surface area contributed by atoms with Crippen LogP contribution in [0.3, 0.4) is 0 Å². The Hall–Kier alpha value is -3.71. The van der Waals surface area contributed by atoms with Crippen LogP contribution in [0.15, 0.2) is 66.9 Å². The predicted octanol–water partition coefficient (Wildman–Crippen LogP) is 3.13. The number of ether oxygens (including phenoxy) is 1. The van der Waals surface area contributed by atoms with E-state index in [0.717, 1.165) is 11.3 Å². The van der Waals surface area contributed by atoms with Crippen LogP contribution in [0.1, 0.15) is 33.9 Å². The lowest BCUT2D eigenvalue weighted by Crippen LogP contribution is -2.22. The third-order valence-corrected chi connectivity index (χ3v) is 4.74. The highest BCUT2D eigenvalue weighted by Gasteiger charge is 2.16. The molecular formula is C23H24N4O3. The summed E-state index contributed by atoms with van der Waals surface area (Å²) in [6.45, 7) is 0. The number of hydrogen-bond acceptors (Lipinski definition) is 6. The van der Waals surface area contributed by atoms with Crippen LogP contribution in [0, 0.1) is 0 Å². The summed E-state index contributed by atoms with van der Waals surface area (Å²) in [7, 11) is 1.61. The minimum absolute atomic E-state index is 0.0599. The Morgan fingerprint density at radius 1 is 1.07 bits per heavy atom. The van der Waals surface area contributed by atoms with Gasteiger partial charge in [0.15, 0.2) is 5.78 Å². The number of anilines is 2. The number of aryl methyl sites for hydroxylation is 1. The predicted molar refractivity (Wildman–Crippen MR) is 116 cm³/mol. The Morgan fingerprint density at radius 2 is 1.77 bits per heavy atom. The van der Waals surface area contributed by atoms with Crippen LogP contribution in [0.4, 0.5) is 11.5 Å². The monoisotopic (exact) mass is 404 g/mol. The fourth-order valence-corrected chi connectivity index (χ4v) is 2.97. The zero-order valence-electron chi connectivity index (χ0n) is 16.7. The third kappa shape index (κ3) is 5.42. The molecule has 7 heteroatoms. The van der Waals surface area contributed by atoms with E-state index in [9.17, 15) is 9.59 Å². The number of amides is 1. The number of pyridine rings is 1. The average Bonchev–Trinajstić information content (AvgIpc) is 2.77. The molecule has 1 heterocycles. The molecule has 1 unspecified atom stereocenters. The maximum atomic E-state index is 12.5. The van der Waals surface area contributed by atoms with Crippen molar-refractivity contribution in [2.75, 3.05) is 18.2 Å². The van der Waals surface area contributed by atoms with E-state index in [1.165, 1.54) is 6.20 Å². The molecule has 1 atom stereocenters. The number of nitrogens with one attached hydrogen (secondary N) is 1. The fourth-order valence-electron chi connectivity index (χ4n) is 2.97. The molecule has 0 aliphatic carbocycles. The van der Waals surface area contributed by atoms with E-state index >= 15 is 0 Å². The number of aromatic nitrogens is 1. The summed E-state index contributed by atoms with van der Waals surface area (Å²) in [5.74, 6) is 0.752. The lowest BCUT2D eigenvalue weighted by molar-refractivity contribution is -0.120. The molecule has 1 aromatic heterocycles. The first-order valence-electron chi connectivity index (χ1n) is 9.50. The molecule has 0 saturated carbocycles. The summed E-state index contributed by atoms with van der Waals surface area (Å²) in [5.41, 5.74) is 14.5. The Kier molecular flexibility index (Phi) is 6.77. The molecule has 0 radical (unpaired) electrons. The molecule has 2 aromatic carbocycles. The van der Waals surface area contributed by atoms with Gasteiger partial charge in [0.2, 0.25) is 0 Å². The SMILES string of the molecule is COc1ccc(CCC(=O)C(N)c2ccc(C(=O)Nc3ccnc(N)c3)cc2)cc1. The van der Waals surface area contributed by atoms with Crippen LogP contribution in [-0.2, 0) is 11.2 Å². The van der Waals surface area contributed by atoms with Crippen molar-refractivity contribution in [1.29, 1.82) is 0 Å². The average molecular weight is 404 g/mol. The number of methoxy groups -OCH3 is 1. The first kappa shape index (κ1) is 21.0. The number of nitrogens with zero attached hydrogens (tertiary/aromatic N) is 1. The second-order valence-electron chi connectivity index (χ2n) is 6.84. The summed E-state index contributed by atoms with van der Waals surface area (Å²) in [4.78, 5) is 28.7. The van der Waals surface area contributed by atoms with E-state index in [4.69, 9.17) is 16.2 Å². The lowest BCUT2D eigenvalue weighted by Gasteiger charge is -2.12. The summed E-state index contributed by atoms with van der Waals surface area (Å²) in [5, 5.41) is 2.75. The van der Waals surface area contributed by atoms with Gasteiger partial charge < -0.3 is 21.5 Å². The molecule has 7 nitrogen and oxygen atoms in total. The Bertz CT molecular complexity index is 1020. The largest absolute Gasteiger partial charge is 0.497 e. The molecule has 0 bridgehead atoms. The van der Waals surface area contributed by atoms with Crippen LogP contribution in [0.25, 0.3) is 0 Å². The molecule has 0 aliphatic rings.